The second kappa shape index (κ2) is 23.8. The number of fused-ring (bicyclic) bond motifs is 5. The lowest BCUT2D eigenvalue weighted by Crippen LogP contribution is -2.82. The second-order valence-electron chi connectivity index (χ2n) is 21.4. The van der Waals surface area contributed by atoms with Crippen molar-refractivity contribution < 1.29 is 91.6 Å². The van der Waals surface area contributed by atoms with E-state index in [9.17, 15) is 48.9 Å². The highest BCUT2D eigenvalue weighted by atomic mass is 16.7. The Morgan fingerprint density at radius 2 is 1.38 bits per heavy atom. The van der Waals surface area contributed by atoms with E-state index in [0.717, 1.165) is 13.8 Å². The third kappa shape index (κ3) is 11.7. The van der Waals surface area contributed by atoms with Crippen LogP contribution in [0, 0.1) is 16.7 Å². The largest absolute Gasteiger partial charge is 0.509 e. The number of ether oxygens (including phenoxy) is 7. The maximum atomic E-state index is 15.8. The first-order valence-electron chi connectivity index (χ1n) is 26.4. The van der Waals surface area contributed by atoms with Crippen LogP contribution in [0.15, 0.2) is 126 Å². The molecule has 1 heterocycles. The van der Waals surface area contributed by atoms with Gasteiger partial charge in [-0.1, -0.05) is 80.6 Å². The SMILES string of the molecule is CC(=O)O[C@H]1C(=O)[C@@]2(C)[C@H]([C@H](OC(=O)c3ccccc3)[C@]3(O)C[C@H](OC(=O)[C@H](OC(=O)OCCCCC(=O)Nc4ccc(C(=O)O)cc4)[C@@H](NC(=O)c4ccccc4)c4ccccc4)C(C)=C1C3(C)C)[C@]1(OC(C)=O)CO[C@@H]1C[C@@H]2O. The normalized spacial score (nSPS) is 26.8. The number of amides is 2. The van der Waals surface area contributed by atoms with Crippen molar-refractivity contribution in [3.05, 3.63) is 149 Å². The number of ketones is 1. The second-order valence-corrected chi connectivity index (χ2v) is 21.4. The Hall–Kier alpha value is -8.27. The van der Waals surface area contributed by atoms with Crippen LogP contribution >= 0.6 is 0 Å². The zero-order chi connectivity index (χ0) is 58.6. The van der Waals surface area contributed by atoms with E-state index in [2.05, 4.69) is 10.6 Å². The van der Waals surface area contributed by atoms with Gasteiger partial charge in [-0.2, -0.15) is 0 Å². The highest BCUT2D eigenvalue weighted by Crippen LogP contribution is 2.64. The standard InChI is InChI=1S/C60H64N2O19/c1-33-41(31-60(74)51(80-54(71)39-22-14-9-15-23-39)49-58(6,42(65)30-43-59(49,32-76-43)81-35(3)64)50(67)47(77-34(2)63)45(33)57(60,4)5)78-55(72)48(46(36-18-10-7-11-19-36)62-52(68)37-20-12-8-13-21-37)79-56(73)75-29-17-16-24-44(66)61-40-27-25-38(26-28-40)53(69)70/h7-15,18-23,25-28,41-43,46-49,51,65,74H,16-17,24,29-32H2,1-6H3,(H,61,66)(H,62,68)(H,69,70)/t41-,42-,43+,46-,47+,48+,49-,51-,58+,59-,60+/m0/s1. The predicted octanol–water partition coefficient (Wildman–Crippen LogP) is 6.40. The number of Topliss-reactive ketones (excluding diaryl/α,β-unsaturated/α-hetero) is 1. The van der Waals surface area contributed by atoms with Crippen molar-refractivity contribution in [1.29, 1.82) is 0 Å². The Bertz CT molecular complexity index is 3090. The van der Waals surface area contributed by atoms with E-state index in [4.69, 9.17) is 33.2 Å². The lowest BCUT2D eigenvalue weighted by Gasteiger charge is -2.67. The Morgan fingerprint density at radius 3 is 1.96 bits per heavy atom. The monoisotopic (exact) mass is 1120 g/mol. The Labute approximate surface area is 466 Å². The van der Waals surface area contributed by atoms with Gasteiger partial charge >= 0.3 is 36.0 Å². The summed E-state index contributed by atoms with van der Waals surface area (Å²) in [5, 5.41) is 40.9. The number of carbonyl (C=O) groups is 9. The first kappa shape index (κ1) is 58.9. The molecule has 81 heavy (non-hydrogen) atoms. The van der Waals surface area contributed by atoms with Gasteiger partial charge in [0, 0.05) is 49.8 Å². The van der Waals surface area contributed by atoms with Crippen LogP contribution in [0.3, 0.4) is 0 Å². The molecule has 0 unspecified atom stereocenters. The van der Waals surface area contributed by atoms with Crippen molar-refractivity contribution in [2.75, 3.05) is 18.5 Å². The summed E-state index contributed by atoms with van der Waals surface area (Å²) in [5.74, 6) is -8.90. The molecule has 3 aliphatic carbocycles. The number of aliphatic hydroxyl groups excluding tert-OH is 1. The molecule has 2 amide bonds. The van der Waals surface area contributed by atoms with Crippen LogP contribution in [0.4, 0.5) is 10.5 Å². The summed E-state index contributed by atoms with van der Waals surface area (Å²) in [7, 11) is 0. The molecule has 2 saturated carbocycles. The summed E-state index contributed by atoms with van der Waals surface area (Å²) in [6, 6.07) is 27.7. The number of nitrogens with one attached hydrogen (secondary N) is 2. The number of aromatic carboxylic acids is 1. The highest BCUT2D eigenvalue weighted by Gasteiger charge is 2.78. The van der Waals surface area contributed by atoms with Gasteiger partial charge in [0.2, 0.25) is 12.0 Å². The van der Waals surface area contributed by atoms with E-state index in [0.29, 0.717) is 5.69 Å². The first-order valence-corrected chi connectivity index (χ1v) is 26.4. The minimum Gasteiger partial charge on any atom is -0.478 e. The minimum atomic E-state index is -2.52. The van der Waals surface area contributed by atoms with Crippen molar-refractivity contribution >= 4 is 59.3 Å². The Kier molecular flexibility index (Phi) is 17.3. The molecule has 0 aromatic heterocycles. The summed E-state index contributed by atoms with van der Waals surface area (Å²) >= 11 is 0. The van der Waals surface area contributed by atoms with E-state index in [-0.39, 0.29) is 72.3 Å². The van der Waals surface area contributed by atoms with Gasteiger partial charge in [0.05, 0.1) is 41.8 Å². The number of anilines is 1. The number of hydrogen-bond donors (Lipinski definition) is 5. The molecule has 428 valence electrons. The van der Waals surface area contributed by atoms with Crippen LogP contribution < -0.4 is 10.6 Å². The average molecular weight is 1120 g/mol. The van der Waals surface area contributed by atoms with Crippen molar-refractivity contribution in [2.45, 2.75) is 128 Å². The van der Waals surface area contributed by atoms with Crippen LogP contribution in [-0.4, -0.2) is 130 Å². The summed E-state index contributed by atoms with van der Waals surface area (Å²) in [4.78, 5) is 124. The molecular weight excluding hydrogens is 1050 g/mol. The molecule has 21 nitrogen and oxygen atoms in total. The molecule has 0 spiro atoms. The molecule has 8 rings (SSSR count). The molecule has 2 bridgehead atoms. The number of hydrogen-bond acceptors (Lipinski definition) is 18. The Morgan fingerprint density at radius 1 is 0.765 bits per heavy atom. The van der Waals surface area contributed by atoms with Crippen molar-refractivity contribution in [3.8, 4) is 0 Å². The van der Waals surface area contributed by atoms with Gasteiger partial charge < -0.3 is 59.1 Å². The van der Waals surface area contributed by atoms with E-state index in [1.54, 1.807) is 66.7 Å². The highest BCUT2D eigenvalue weighted by molar-refractivity contribution is 5.97. The number of unbranched alkanes of at least 4 members (excludes halogenated alkanes) is 1. The number of carboxylic acids is 1. The van der Waals surface area contributed by atoms with E-state index in [1.165, 1.54) is 76.2 Å². The lowest BCUT2D eigenvalue weighted by atomic mass is 9.44. The van der Waals surface area contributed by atoms with Gasteiger partial charge in [-0.05, 0) is 91.9 Å². The Balaban J connectivity index is 1.18. The summed E-state index contributed by atoms with van der Waals surface area (Å²) in [6.07, 6.45) is -12.4. The number of esters is 4. The van der Waals surface area contributed by atoms with Gasteiger partial charge in [0.1, 0.15) is 30.0 Å². The smallest absolute Gasteiger partial charge is 0.478 e. The molecule has 3 fully saturated rings. The summed E-state index contributed by atoms with van der Waals surface area (Å²) in [6.45, 7) is 7.37. The fourth-order valence-corrected chi connectivity index (χ4v) is 11.9. The number of carboxylic acid groups (broad SMARTS) is 1. The van der Waals surface area contributed by atoms with E-state index < -0.39 is 131 Å². The fourth-order valence-electron chi connectivity index (χ4n) is 11.9. The number of benzene rings is 4. The number of carbonyl (C=O) groups excluding carboxylic acids is 8. The molecule has 5 N–H and O–H groups in total. The maximum Gasteiger partial charge on any atom is 0.509 e. The quantitative estimate of drug-likeness (QED) is 0.0311. The zero-order valence-electron chi connectivity index (χ0n) is 45.4. The van der Waals surface area contributed by atoms with Crippen molar-refractivity contribution in [2.24, 2.45) is 16.7 Å². The molecule has 11 atom stereocenters. The summed E-state index contributed by atoms with van der Waals surface area (Å²) in [5.41, 5.74) is -7.49. The molecule has 4 aromatic carbocycles. The third-order valence-corrected chi connectivity index (χ3v) is 16.1. The van der Waals surface area contributed by atoms with Gasteiger partial charge in [-0.25, -0.2) is 19.2 Å². The molecule has 1 saturated heterocycles. The predicted molar refractivity (Wildman–Crippen MR) is 284 cm³/mol. The maximum absolute atomic E-state index is 15.8. The minimum absolute atomic E-state index is 0.0146. The molecule has 1 aliphatic heterocycles. The lowest BCUT2D eigenvalue weighted by molar-refractivity contribution is -0.346. The van der Waals surface area contributed by atoms with Gasteiger partial charge in [0.15, 0.2) is 17.5 Å². The average Bonchev–Trinajstić information content (AvgIpc) is 0.943. The van der Waals surface area contributed by atoms with Gasteiger partial charge in [0.25, 0.3) is 5.91 Å². The molecule has 4 aromatic rings. The number of rotatable bonds is 18. The van der Waals surface area contributed by atoms with Crippen LogP contribution in [-0.2, 0) is 57.1 Å². The molecule has 4 aliphatic rings. The topological polar surface area (TPSA) is 303 Å². The third-order valence-electron chi connectivity index (χ3n) is 16.1. The van der Waals surface area contributed by atoms with Gasteiger partial charge in [-0.15, -0.1) is 0 Å². The van der Waals surface area contributed by atoms with Crippen LogP contribution in [0.5, 0.6) is 0 Å². The van der Waals surface area contributed by atoms with Gasteiger partial charge in [-0.3, -0.25) is 24.0 Å². The summed E-state index contributed by atoms with van der Waals surface area (Å²) < 4.78 is 42.1. The van der Waals surface area contributed by atoms with E-state index >= 15 is 9.59 Å². The number of aliphatic hydroxyl groups is 2. The van der Waals surface area contributed by atoms with Crippen LogP contribution in [0.25, 0.3) is 0 Å². The first-order chi connectivity index (χ1) is 38.4. The van der Waals surface area contributed by atoms with Crippen LogP contribution in [0.1, 0.15) is 116 Å². The van der Waals surface area contributed by atoms with Crippen LogP contribution in [0.2, 0.25) is 0 Å². The molecule has 21 heteroatoms. The molecule has 0 radical (unpaired) electrons. The zero-order valence-corrected chi connectivity index (χ0v) is 45.4. The van der Waals surface area contributed by atoms with Crippen molar-refractivity contribution in [3.63, 3.8) is 0 Å². The fraction of sp³-hybridized carbons (Fsp3) is 0.417. The molecular formula is C60H64N2O19. The van der Waals surface area contributed by atoms with Crippen molar-refractivity contribution in [1.82, 2.24) is 5.32 Å². The van der Waals surface area contributed by atoms with E-state index in [1.807, 2.05) is 0 Å².